The lowest BCUT2D eigenvalue weighted by atomic mass is 10.1. The van der Waals surface area contributed by atoms with Gasteiger partial charge in [-0.2, -0.15) is 0 Å². The van der Waals surface area contributed by atoms with E-state index in [2.05, 4.69) is 37.4 Å². The van der Waals surface area contributed by atoms with Crippen LogP contribution in [0.15, 0.2) is 55.0 Å². The SMILES string of the molecule is CC(=O)NCC#Cc1cc2c(Nc3ccc(Oc4ccc(C)nc4)c(Cl)c3)ncnc2cc1Cl. The Hall–Kier alpha value is -3.86. The first-order valence-electron chi connectivity index (χ1n) is 10.2. The molecule has 170 valence electrons. The predicted molar refractivity (Wildman–Crippen MR) is 134 cm³/mol. The van der Waals surface area contributed by atoms with Gasteiger partial charge in [-0.05, 0) is 49.4 Å². The fraction of sp³-hybridized carbons (Fsp3) is 0.120. The minimum atomic E-state index is -0.149. The first kappa shape index (κ1) is 23.3. The average Bonchev–Trinajstić information content (AvgIpc) is 2.80. The molecule has 4 aromatic rings. The summed E-state index contributed by atoms with van der Waals surface area (Å²) < 4.78 is 5.83. The quantitative estimate of drug-likeness (QED) is 0.350. The largest absolute Gasteiger partial charge is 0.454 e. The third kappa shape index (κ3) is 5.73. The third-order valence-electron chi connectivity index (χ3n) is 4.68. The van der Waals surface area contributed by atoms with E-state index in [4.69, 9.17) is 27.9 Å². The summed E-state index contributed by atoms with van der Waals surface area (Å²) >= 11 is 12.8. The molecule has 4 rings (SSSR count). The second-order valence-corrected chi connectivity index (χ2v) is 8.10. The fourth-order valence-electron chi connectivity index (χ4n) is 3.02. The standard InChI is InChI=1S/C25H19Cl2N5O2/c1-15-5-7-19(13-29-15)34-24-8-6-18(11-22(24)27)32-25-20-10-17(4-3-9-28-16(2)33)21(26)12-23(20)30-14-31-25/h5-8,10-14H,9H2,1-2H3,(H,28,33)(H,30,31,32). The van der Waals surface area contributed by atoms with Gasteiger partial charge in [-0.15, -0.1) is 0 Å². The van der Waals surface area contributed by atoms with Gasteiger partial charge < -0.3 is 15.4 Å². The van der Waals surface area contributed by atoms with Crippen molar-refractivity contribution in [3.8, 4) is 23.3 Å². The Morgan fingerprint density at radius 3 is 2.65 bits per heavy atom. The summed E-state index contributed by atoms with van der Waals surface area (Å²) in [6, 6.07) is 12.6. The van der Waals surface area contributed by atoms with Gasteiger partial charge in [0.05, 0.1) is 28.3 Å². The highest BCUT2D eigenvalue weighted by Gasteiger charge is 2.10. The normalized spacial score (nSPS) is 10.4. The third-order valence-corrected chi connectivity index (χ3v) is 5.29. The number of amides is 1. The number of carbonyl (C=O) groups is 1. The maximum absolute atomic E-state index is 11.0. The first-order chi connectivity index (χ1) is 16.4. The molecule has 0 bridgehead atoms. The number of carbonyl (C=O) groups excluding carboxylic acids is 1. The monoisotopic (exact) mass is 491 g/mol. The van der Waals surface area contributed by atoms with Gasteiger partial charge >= 0.3 is 0 Å². The lowest BCUT2D eigenvalue weighted by molar-refractivity contribution is -0.118. The Labute approximate surface area is 206 Å². The Balaban J connectivity index is 1.58. The zero-order valence-electron chi connectivity index (χ0n) is 18.3. The summed E-state index contributed by atoms with van der Waals surface area (Å²) in [6.07, 6.45) is 3.10. The van der Waals surface area contributed by atoms with Crippen LogP contribution in [-0.2, 0) is 4.79 Å². The van der Waals surface area contributed by atoms with Crippen LogP contribution >= 0.6 is 23.2 Å². The Bertz CT molecular complexity index is 1430. The number of fused-ring (bicyclic) bond motifs is 1. The second-order valence-electron chi connectivity index (χ2n) is 7.29. The fourth-order valence-corrected chi connectivity index (χ4v) is 3.45. The van der Waals surface area contributed by atoms with Crippen molar-refractivity contribution in [2.75, 3.05) is 11.9 Å². The molecule has 9 heteroatoms. The van der Waals surface area contributed by atoms with Crippen molar-refractivity contribution < 1.29 is 9.53 Å². The molecule has 34 heavy (non-hydrogen) atoms. The van der Waals surface area contributed by atoms with Crippen LogP contribution in [0.25, 0.3) is 10.9 Å². The number of hydrogen-bond acceptors (Lipinski definition) is 6. The maximum atomic E-state index is 11.0. The number of ether oxygens (including phenoxy) is 1. The highest BCUT2D eigenvalue weighted by Crippen LogP contribution is 2.33. The number of pyridine rings is 1. The predicted octanol–water partition coefficient (Wildman–Crippen LogP) is 5.66. The molecular weight excluding hydrogens is 473 g/mol. The molecule has 2 heterocycles. The number of benzene rings is 2. The molecule has 0 aliphatic carbocycles. The highest BCUT2D eigenvalue weighted by molar-refractivity contribution is 6.33. The molecule has 0 saturated heterocycles. The first-order valence-corrected chi connectivity index (χ1v) is 11.0. The van der Waals surface area contributed by atoms with Crippen molar-refractivity contribution in [2.24, 2.45) is 0 Å². The molecule has 0 atom stereocenters. The highest BCUT2D eigenvalue weighted by atomic mass is 35.5. The molecule has 0 radical (unpaired) electrons. The van der Waals surface area contributed by atoms with Crippen LogP contribution < -0.4 is 15.4 Å². The molecule has 0 fully saturated rings. The van der Waals surface area contributed by atoms with Crippen LogP contribution in [0, 0.1) is 18.8 Å². The van der Waals surface area contributed by atoms with E-state index in [1.165, 1.54) is 13.3 Å². The maximum Gasteiger partial charge on any atom is 0.217 e. The second kappa shape index (κ2) is 10.4. The topological polar surface area (TPSA) is 89.0 Å². The van der Waals surface area contributed by atoms with Gasteiger partial charge in [0.1, 0.15) is 23.6 Å². The lowest BCUT2D eigenvalue weighted by Crippen LogP contribution is -2.19. The Morgan fingerprint density at radius 2 is 1.91 bits per heavy atom. The minimum absolute atomic E-state index is 0.149. The van der Waals surface area contributed by atoms with E-state index in [9.17, 15) is 4.79 Å². The number of rotatable bonds is 5. The van der Waals surface area contributed by atoms with Crippen molar-refractivity contribution >= 4 is 51.5 Å². The van der Waals surface area contributed by atoms with Crippen LogP contribution in [0.2, 0.25) is 10.0 Å². The number of hydrogen-bond donors (Lipinski definition) is 2. The van der Waals surface area contributed by atoms with Crippen molar-refractivity contribution in [3.05, 3.63) is 76.3 Å². The molecule has 0 unspecified atom stereocenters. The number of aromatic nitrogens is 3. The smallest absolute Gasteiger partial charge is 0.217 e. The van der Waals surface area contributed by atoms with Crippen LogP contribution in [0.5, 0.6) is 11.5 Å². The van der Waals surface area contributed by atoms with Gasteiger partial charge in [-0.3, -0.25) is 9.78 Å². The number of nitrogens with one attached hydrogen (secondary N) is 2. The molecule has 0 aliphatic rings. The van der Waals surface area contributed by atoms with E-state index in [0.717, 1.165) is 11.1 Å². The van der Waals surface area contributed by atoms with Gasteiger partial charge in [0.15, 0.2) is 0 Å². The molecule has 0 aliphatic heterocycles. The van der Waals surface area contributed by atoms with Gasteiger partial charge in [0, 0.05) is 29.3 Å². The summed E-state index contributed by atoms with van der Waals surface area (Å²) in [7, 11) is 0. The van der Waals surface area contributed by atoms with E-state index in [1.807, 2.05) is 31.2 Å². The van der Waals surface area contributed by atoms with E-state index >= 15 is 0 Å². The average molecular weight is 492 g/mol. The van der Waals surface area contributed by atoms with Crippen LogP contribution in [0.3, 0.4) is 0 Å². The summed E-state index contributed by atoms with van der Waals surface area (Å²) in [5.74, 6) is 7.38. The minimum Gasteiger partial charge on any atom is -0.454 e. The van der Waals surface area contributed by atoms with Crippen molar-refractivity contribution in [2.45, 2.75) is 13.8 Å². The summed E-state index contributed by atoms with van der Waals surface area (Å²) in [5.41, 5.74) is 2.88. The molecule has 7 nitrogen and oxygen atoms in total. The van der Waals surface area contributed by atoms with Gasteiger partial charge in [0.2, 0.25) is 5.91 Å². The van der Waals surface area contributed by atoms with Crippen LogP contribution in [0.1, 0.15) is 18.2 Å². The van der Waals surface area contributed by atoms with Gasteiger partial charge in [-0.25, -0.2) is 9.97 Å². The zero-order chi connectivity index (χ0) is 24.1. The van der Waals surface area contributed by atoms with Crippen molar-refractivity contribution in [1.29, 1.82) is 0 Å². The summed E-state index contributed by atoms with van der Waals surface area (Å²) in [6.45, 7) is 3.57. The molecule has 2 aromatic carbocycles. The molecule has 2 aromatic heterocycles. The molecular formula is C25H19Cl2N5O2. The van der Waals surface area contributed by atoms with E-state index in [0.29, 0.717) is 44.1 Å². The summed E-state index contributed by atoms with van der Waals surface area (Å²) in [4.78, 5) is 23.9. The van der Waals surface area contributed by atoms with Crippen LogP contribution in [-0.4, -0.2) is 27.4 Å². The Morgan fingerprint density at radius 1 is 1.06 bits per heavy atom. The summed E-state index contributed by atoms with van der Waals surface area (Å²) in [5, 5.41) is 7.51. The number of nitrogens with zero attached hydrogens (tertiary/aromatic N) is 3. The number of anilines is 2. The van der Waals surface area contributed by atoms with Crippen LogP contribution in [0.4, 0.5) is 11.5 Å². The number of halogens is 2. The van der Waals surface area contributed by atoms with Crippen molar-refractivity contribution in [1.82, 2.24) is 20.3 Å². The van der Waals surface area contributed by atoms with Gasteiger partial charge in [-0.1, -0.05) is 35.0 Å². The van der Waals surface area contributed by atoms with E-state index in [1.54, 1.807) is 24.4 Å². The molecule has 0 spiro atoms. The van der Waals surface area contributed by atoms with Crippen molar-refractivity contribution in [3.63, 3.8) is 0 Å². The number of aryl methyl sites for hydroxylation is 1. The van der Waals surface area contributed by atoms with E-state index in [-0.39, 0.29) is 12.5 Å². The van der Waals surface area contributed by atoms with Gasteiger partial charge in [0.25, 0.3) is 0 Å². The molecule has 1 amide bonds. The Kier molecular flexibility index (Phi) is 7.12. The lowest BCUT2D eigenvalue weighted by Gasteiger charge is -2.12. The van der Waals surface area contributed by atoms with E-state index < -0.39 is 0 Å². The molecule has 0 saturated carbocycles. The zero-order valence-corrected chi connectivity index (χ0v) is 19.8. The molecule has 2 N–H and O–H groups in total.